The van der Waals surface area contributed by atoms with Crippen LogP contribution in [0.15, 0.2) is 35.4 Å². The van der Waals surface area contributed by atoms with Gasteiger partial charge in [-0.1, -0.05) is 18.2 Å². The van der Waals surface area contributed by atoms with Crippen LogP contribution >= 0.6 is 7.49 Å². The van der Waals surface area contributed by atoms with Crippen LogP contribution in [-0.4, -0.2) is 47.6 Å². The standard InChI is InChI=1S/C17H24N3O5P/c1-5-23-16(21)15-13(4)19-20(26(15,24-6-2)25-7-3)17(22)18-14-11-9-8-10-12-14/h8-12H,5-7H2,1-4H3,(H,18,22). The van der Waals surface area contributed by atoms with Gasteiger partial charge in [-0.05, 0) is 39.8 Å². The molecule has 1 aliphatic heterocycles. The summed E-state index contributed by atoms with van der Waals surface area (Å²) in [5.74, 6) is -0.584. The molecule has 0 fully saturated rings. The Labute approximate surface area is 153 Å². The molecule has 9 heteroatoms. The van der Waals surface area contributed by atoms with Gasteiger partial charge in [-0.2, -0.15) is 5.10 Å². The molecule has 1 aromatic rings. The van der Waals surface area contributed by atoms with Crippen LogP contribution < -0.4 is 5.32 Å². The van der Waals surface area contributed by atoms with Gasteiger partial charge in [0, 0.05) is 5.69 Å². The molecule has 0 bridgehead atoms. The number of nitrogens with one attached hydrogen (secondary N) is 1. The summed E-state index contributed by atoms with van der Waals surface area (Å²) in [5.41, 5.74) is 0.947. The quantitative estimate of drug-likeness (QED) is 0.577. The largest absolute Gasteiger partial charge is 0.462 e. The van der Waals surface area contributed by atoms with Gasteiger partial charge in [0.2, 0.25) is 0 Å². The maximum Gasteiger partial charge on any atom is 0.349 e. The highest BCUT2D eigenvalue weighted by Gasteiger charge is 2.46. The smallest absolute Gasteiger partial charge is 0.349 e. The second kappa shape index (κ2) is 8.98. The van der Waals surface area contributed by atoms with Gasteiger partial charge < -0.3 is 19.1 Å². The predicted octanol–water partition coefficient (Wildman–Crippen LogP) is 3.48. The number of rotatable bonds is 7. The molecule has 0 saturated carbocycles. The van der Waals surface area contributed by atoms with E-state index in [1.807, 2.05) is 6.07 Å². The summed E-state index contributed by atoms with van der Waals surface area (Å²) < 4.78 is 18.0. The third-order valence-corrected chi connectivity index (χ3v) is 6.46. The van der Waals surface area contributed by atoms with Gasteiger partial charge in [0.25, 0.3) is 7.49 Å². The molecule has 0 saturated heterocycles. The molecule has 1 heterocycles. The van der Waals surface area contributed by atoms with Gasteiger partial charge in [0.05, 0.1) is 25.5 Å². The van der Waals surface area contributed by atoms with Crippen LogP contribution in [0.4, 0.5) is 10.5 Å². The van der Waals surface area contributed by atoms with E-state index in [4.69, 9.17) is 13.8 Å². The van der Waals surface area contributed by atoms with E-state index in [2.05, 4.69) is 10.4 Å². The normalized spacial score (nSPS) is 15.6. The third-order valence-electron chi connectivity index (χ3n) is 3.40. The van der Waals surface area contributed by atoms with Crippen LogP contribution in [-0.2, 0) is 18.6 Å². The Hall–Kier alpha value is -2.15. The highest BCUT2D eigenvalue weighted by Crippen LogP contribution is 2.58. The molecule has 2 rings (SSSR count). The monoisotopic (exact) mass is 381 g/mol. The van der Waals surface area contributed by atoms with E-state index in [0.717, 1.165) is 4.78 Å². The van der Waals surface area contributed by atoms with Crippen molar-refractivity contribution in [3.8, 4) is 0 Å². The van der Waals surface area contributed by atoms with Crippen molar-refractivity contribution in [1.82, 2.24) is 4.78 Å². The van der Waals surface area contributed by atoms with Crippen LogP contribution in [0.3, 0.4) is 0 Å². The minimum atomic E-state index is -3.24. The second-order valence-electron chi connectivity index (χ2n) is 5.20. The molecule has 1 aliphatic rings. The van der Waals surface area contributed by atoms with E-state index in [-0.39, 0.29) is 25.1 Å². The van der Waals surface area contributed by atoms with Gasteiger partial charge in [-0.3, -0.25) is 0 Å². The number of urea groups is 1. The van der Waals surface area contributed by atoms with Gasteiger partial charge in [0.15, 0.2) is 5.29 Å². The van der Waals surface area contributed by atoms with E-state index in [1.54, 1.807) is 52.0 Å². The number of carbonyl (C=O) groups is 2. The number of esters is 1. The Kier molecular flexibility index (Phi) is 6.97. The Morgan fingerprint density at radius 1 is 1.08 bits per heavy atom. The minimum Gasteiger partial charge on any atom is -0.462 e. The van der Waals surface area contributed by atoms with Crippen molar-refractivity contribution in [1.29, 1.82) is 0 Å². The second-order valence-corrected chi connectivity index (χ2v) is 7.58. The molecule has 8 nitrogen and oxygen atoms in total. The molecular weight excluding hydrogens is 357 g/mol. The maximum absolute atomic E-state index is 12.9. The molecule has 0 aliphatic carbocycles. The number of nitrogens with zero attached hydrogens (tertiary/aromatic N) is 2. The van der Waals surface area contributed by atoms with Crippen molar-refractivity contribution in [2.45, 2.75) is 27.7 Å². The first-order valence-corrected chi connectivity index (χ1v) is 10.0. The number of amides is 2. The fourth-order valence-corrected chi connectivity index (χ4v) is 5.23. The summed E-state index contributed by atoms with van der Waals surface area (Å²) in [4.78, 5) is 25.4. The Morgan fingerprint density at radius 2 is 1.69 bits per heavy atom. The summed E-state index contributed by atoms with van der Waals surface area (Å²) in [6.45, 7) is 7.57. The maximum atomic E-state index is 12.9. The lowest BCUT2D eigenvalue weighted by Gasteiger charge is -2.30. The van der Waals surface area contributed by atoms with Gasteiger partial charge in [0.1, 0.15) is 0 Å². The zero-order valence-electron chi connectivity index (χ0n) is 15.4. The molecular formula is C17H24N3O5P. The molecule has 0 spiro atoms. The number of hydrazone groups is 1. The van der Waals surface area contributed by atoms with Crippen molar-refractivity contribution >= 4 is 36.2 Å². The summed E-state index contributed by atoms with van der Waals surface area (Å²) in [7, 11) is -3.24. The van der Waals surface area contributed by atoms with E-state index in [9.17, 15) is 9.59 Å². The van der Waals surface area contributed by atoms with Crippen LogP contribution in [0.2, 0.25) is 0 Å². The fourth-order valence-electron chi connectivity index (χ4n) is 2.50. The summed E-state index contributed by atoms with van der Waals surface area (Å²) in [5, 5.41) is 7.18. The average Bonchev–Trinajstić information content (AvgIpc) is 2.89. The number of para-hydroxylation sites is 1. The van der Waals surface area contributed by atoms with Gasteiger partial charge >= 0.3 is 12.0 Å². The number of ether oxygens (including phenoxy) is 1. The molecule has 2 amide bonds. The SMILES string of the molecule is CCOC(=O)C1=P(OCC)(OCC)N(C(=O)Nc2ccccc2)N=C1C. The van der Waals surface area contributed by atoms with Crippen LogP contribution in [0, 0.1) is 0 Å². The Bertz CT molecular complexity index is 738. The first kappa shape index (κ1) is 20.2. The predicted molar refractivity (Wildman–Crippen MR) is 102 cm³/mol. The third kappa shape index (κ3) is 3.98. The Balaban J connectivity index is 2.49. The van der Waals surface area contributed by atoms with Crippen molar-refractivity contribution in [3.63, 3.8) is 0 Å². The molecule has 0 atom stereocenters. The van der Waals surface area contributed by atoms with Crippen molar-refractivity contribution in [2.24, 2.45) is 5.10 Å². The molecule has 0 unspecified atom stereocenters. The van der Waals surface area contributed by atoms with E-state index in [1.165, 1.54) is 0 Å². The van der Waals surface area contributed by atoms with Gasteiger partial charge in [-0.15, -0.1) is 4.78 Å². The topological polar surface area (TPSA) is 89.5 Å². The molecule has 142 valence electrons. The lowest BCUT2D eigenvalue weighted by atomic mass is 10.3. The fraction of sp³-hybridized carbons (Fsp3) is 0.412. The number of hydrogen-bond acceptors (Lipinski definition) is 6. The molecule has 0 aromatic heterocycles. The lowest BCUT2D eigenvalue weighted by molar-refractivity contribution is -0.134. The van der Waals surface area contributed by atoms with Crippen LogP contribution in [0.25, 0.3) is 0 Å². The van der Waals surface area contributed by atoms with Gasteiger partial charge in [-0.25, -0.2) is 9.59 Å². The zero-order valence-corrected chi connectivity index (χ0v) is 16.3. The lowest BCUT2D eigenvalue weighted by Crippen LogP contribution is -2.31. The molecule has 1 N–H and O–H groups in total. The minimum absolute atomic E-state index is 0.172. The summed E-state index contributed by atoms with van der Waals surface area (Å²) in [6, 6.07) is 8.42. The molecule has 26 heavy (non-hydrogen) atoms. The molecule has 0 radical (unpaired) electrons. The number of carbonyl (C=O) groups excluding carboxylic acids is 2. The Morgan fingerprint density at radius 3 is 2.23 bits per heavy atom. The van der Waals surface area contributed by atoms with Crippen molar-refractivity contribution in [3.05, 3.63) is 30.3 Å². The summed E-state index contributed by atoms with van der Waals surface area (Å²) >= 11 is 0. The van der Waals surface area contributed by atoms with Crippen LogP contribution in [0.1, 0.15) is 27.7 Å². The first-order valence-electron chi connectivity index (χ1n) is 8.45. The highest BCUT2D eigenvalue weighted by molar-refractivity contribution is 7.70. The van der Waals surface area contributed by atoms with Crippen molar-refractivity contribution < 1.29 is 23.4 Å². The molecule has 1 aromatic carbocycles. The van der Waals surface area contributed by atoms with Crippen molar-refractivity contribution in [2.75, 3.05) is 25.1 Å². The van der Waals surface area contributed by atoms with E-state index >= 15 is 0 Å². The first-order chi connectivity index (χ1) is 12.5. The number of benzene rings is 1. The van der Waals surface area contributed by atoms with Crippen LogP contribution in [0.5, 0.6) is 0 Å². The summed E-state index contributed by atoms with van der Waals surface area (Å²) in [6.07, 6.45) is 0. The van der Waals surface area contributed by atoms with E-state index < -0.39 is 19.5 Å². The zero-order chi connectivity index (χ0) is 19.2. The highest BCUT2D eigenvalue weighted by atomic mass is 31.2. The average molecular weight is 381 g/mol. The number of anilines is 1. The van der Waals surface area contributed by atoms with E-state index in [0.29, 0.717) is 11.4 Å². The number of hydrogen-bond donors (Lipinski definition) is 1.